The number of amides is 1. The minimum Gasteiger partial charge on any atom is -0.484 e. The molecular weight excluding hydrogens is 378 g/mol. The first kappa shape index (κ1) is 20.9. The Labute approximate surface area is 178 Å². The third-order valence-electron chi connectivity index (χ3n) is 6.53. The van der Waals surface area contributed by atoms with E-state index in [0.717, 1.165) is 42.6 Å². The Bertz CT molecular complexity index is 943. The Morgan fingerprint density at radius 2 is 1.93 bits per heavy atom. The minimum atomic E-state index is -0.108. The molecule has 6 nitrogen and oxygen atoms in total. The number of benzene rings is 1. The molecule has 2 fully saturated rings. The number of nitrogens with zero attached hydrogens (tertiary/aromatic N) is 2. The van der Waals surface area contributed by atoms with Crippen LogP contribution in [0.3, 0.4) is 0 Å². The van der Waals surface area contributed by atoms with E-state index in [4.69, 9.17) is 4.74 Å². The van der Waals surface area contributed by atoms with Gasteiger partial charge in [0.2, 0.25) is 0 Å². The maximum atomic E-state index is 12.6. The van der Waals surface area contributed by atoms with Crippen LogP contribution in [0, 0.1) is 12.8 Å². The van der Waals surface area contributed by atoms with Gasteiger partial charge in [0.25, 0.3) is 11.5 Å². The number of nitrogens with one attached hydrogen (secondary N) is 1. The first-order chi connectivity index (χ1) is 14.6. The zero-order valence-electron chi connectivity index (χ0n) is 18.0. The Kier molecular flexibility index (Phi) is 6.72. The van der Waals surface area contributed by atoms with Crippen LogP contribution in [0.15, 0.2) is 29.1 Å². The van der Waals surface area contributed by atoms with Crippen LogP contribution in [0.5, 0.6) is 5.75 Å². The monoisotopic (exact) mass is 411 g/mol. The van der Waals surface area contributed by atoms with Crippen LogP contribution in [0.25, 0.3) is 10.9 Å². The minimum absolute atomic E-state index is 0.00974. The summed E-state index contributed by atoms with van der Waals surface area (Å²) in [5.41, 5.74) is 1.91. The first-order valence-electron chi connectivity index (χ1n) is 11.4. The van der Waals surface area contributed by atoms with Crippen LogP contribution in [-0.4, -0.2) is 48.2 Å². The van der Waals surface area contributed by atoms with Crippen LogP contribution in [0.2, 0.25) is 0 Å². The van der Waals surface area contributed by atoms with Gasteiger partial charge in [-0.05, 0) is 69.3 Å². The van der Waals surface area contributed by atoms with Gasteiger partial charge in [-0.15, -0.1) is 0 Å². The normalized spacial score (nSPS) is 17.6. The number of rotatable bonds is 8. The summed E-state index contributed by atoms with van der Waals surface area (Å²) in [6, 6.07) is 7.50. The zero-order chi connectivity index (χ0) is 20.9. The van der Waals surface area contributed by atoms with Gasteiger partial charge < -0.3 is 19.5 Å². The van der Waals surface area contributed by atoms with Gasteiger partial charge >= 0.3 is 0 Å². The quantitative estimate of drug-likeness (QED) is 0.725. The highest BCUT2D eigenvalue weighted by Gasteiger charge is 2.20. The molecular formula is C24H33N3O3. The molecule has 0 spiro atoms. The number of aromatic nitrogens is 1. The predicted octanol–water partition coefficient (Wildman–Crippen LogP) is 3.09. The molecule has 0 radical (unpaired) electrons. The average molecular weight is 412 g/mol. The lowest BCUT2D eigenvalue weighted by atomic mass is 9.85. The van der Waals surface area contributed by atoms with Gasteiger partial charge in [0.15, 0.2) is 6.61 Å². The standard InChI is InChI=1S/C24H33N3O3/c1-18-14-24(29)27(16-19-6-5-7-19)22-15-20(8-9-21(18)22)30-17-23(28)25-10-13-26-11-3-2-4-12-26/h8-9,14-15,19H,2-7,10-13,16-17H2,1H3,(H,25,28). The molecule has 162 valence electrons. The van der Waals surface area contributed by atoms with Gasteiger partial charge in [-0.1, -0.05) is 12.8 Å². The fourth-order valence-corrected chi connectivity index (χ4v) is 4.48. The van der Waals surface area contributed by atoms with Crippen molar-refractivity contribution in [3.05, 3.63) is 40.2 Å². The van der Waals surface area contributed by atoms with E-state index in [0.29, 0.717) is 18.2 Å². The number of hydrogen-bond donors (Lipinski definition) is 1. The first-order valence-corrected chi connectivity index (χ1v) is 11.4. The fourth-order valence-electron chi connectivity index (χ4n) is 4.48. The van der Waals surface area contributed by atoms with E-state index >= 15 is 0 Å². The second-order valence-electron chi connectivity index (χ2n) is 8.79. The van der Waals surface area contributed by atoms with E-state index < -0.39 is 0 Å². The third-order valence-corrected chi connectivity index (χ3v) is 6.53. The van der Waals surface area contributed by atoms with Gasteiger partial charge in [0.1, 0.15) is 5.75 Å². The van der Waals surface area contributed by atoms with Gasteiger partial charge in [0.05, 0.1) is 5.52 Å². The highest BCUT2D eigenvalue weighted by Crippen LogP contribution is 2.29. The summed E-state index contributed by atoms with van der Waals surface area (Å²) in [5, 5.41) is 4.01. The number of pyridine rings is 1. The lowest BCUT2D eigenvalue weighted by molar-refractivity contribution is -0.123. The van der Waals surface area contributed by atoms with Crippen molar-refractivity contribution >= 4 is 16.8 Å². The largest absolute Gasteiger partial charge is 0.484 e. The summed E-state index contributed by atoms with van der Waals surface area (Å²) in [6.45, 7) is 6.53. The molecule has 1 aromatic heterocycles. The van der Waals surface area contributed by atoms with Crippen molar-refractivity contribution in [2.24, 2.45) is 5.92 Å². The number of aryl methyl sites for hydroxylation is 1. The Morgan fingerprint density at radius 1 is 1.13 bits per heavy atom. The van der Waals surface area contributed by atoms with E-state index in [9.17, 15) is 9.59 Å². The van der Waals surface area contributed by atoms with Crippen LogP contribution in [-0.2, 0) is 11.3 Å². The van der Waals surface area contributed by atoms with Crippen LogP contribution < -0.4 is 15.6 Å². The van der Waals surface area contributed by atoms with Gasteiger partial charge in [-0.2, -0.15) is 0 Å². The molecule has 2 aromatic rings. The third kappa shape index (κ3) is 5.04. The number of carbonyl (C=O) groups is 1. The molecule has 1 N–H and O–H groups in total. The van der Waals surface area contributed by atoms with Crippen molar-refractivity contribution in [1.29, 1.82) is 0 Å². The van der Waals surface area contributed by atoms with E-state index in [2.05, 4.69) is 10.2 Å². The highest BCUT2D eigenvalue weighted by atomic mass is 16.5. The topological polar surface area (TPSA) is 63.6 Å². The van der Waals surface area contributed by atoms with E-state index in [1.54, 1.807) is 6.07 Å². The molecule has 0 atom stereocenters. The average Bonchev–Trinajstić information content (AvgIpc) is 2.71. The number of likely N-dealkylation sites (tertiary alicyclic amines) is 1. The highest BCUT2D eigenvalue weighted by molar-refractivity contribution is 5.84. The second-order valence-corrected chi connectivity index (χ2v) is 8.79. The molecule has 30 heavy (non-hydrogen) atoms. The molecule has 1 saturated carbocycles. The summed E-state index contributed by atoms with van der Waals surface area (Å²) in [5.74, 6) is 1.10. The maximum absolute atomic E-state index is 12.6. The molecule has 1 aliphatic carbocycles. The van der Waals surface area contributed by atoms with Gasteiger partial charge in [-0.3, -0.25) is 9.59 Å². The maximum Gasteiger partial charge on any atom is 0.257 e. The van der Waals surface area contributed by atoms with Crippen LogP contribution >= 0.6 is 0 Å². The number of ether oxygens (including phenoxy) is 1. The molecule has 0 bridgehead atoms. The van der Waals surface area contributed by atoms with Crippen molar-refractivity contribution in [1.82, 2.24) is 14.8 Å². The van der Waals surface area contributed by atoms with Gasteiger partial charge in [0, 0.05) is 37.2 Å². The smallest absolute Gasteiger partial charge is 0.257 e. The summed E-state index contributed by atoms with van der Waals surface area (Å²) >= 11 is 0. The van der Waals surface area contributed by atoms with Crippen LogP contribution in [0.1, 0.15) is 44.1 Å². The Balaban J connectivity index is 1.37. The second kappa shape index (κ2) is 9.65. The molecule has 6 heteroatoms. The molecule has 2 aliphatic rings. The predicted molar refractivity (Wildman–Crippen MR) is 119 cm³/mol. The van der Waals surface area contributed by atoms with Gasteiger partial charge in [-0.25, -0.2) is 0 Å². The molecule has 0 unspecified atom stereocenters. The number of piperidine rings is 1. The summed E-state index contributed by atoms with van der Waals surface area (Å²) in [7, 11) is 0. The molecule has 2 heterocycles. The van der Waals surface area contributed by atoms with Crippen molar-refractivity contribution in [2.75, 3.05) is 32.8 Å². The molecule has 1 saturated heterocycles. The van der Waals surface area contributed by atoms with Crippen molar-refractivity contribution < 1.29 is 9.53 Å². The Morgan fingerprint density at radius 3 is 2.67 bits per heavy atom. The summed E-state index contributed by atoms with van der Waals surface area (Å²) < 4.78 is 7.63. The van der Waals surface area contributed by atoms with E-state index in [1.807, 2.05) is 29.7 Å². The lowest BCUT2D eigenvalue weighted by Crippen LogP contribution is -2.39. The van der Waals surface area contributed by atoms with E-state index in [-0.39, 0.29) is 18.1 Å². The number of carbonyl (C=O) groups excluding carboxylic acids is 1. The zero-order valence-corrected chi connectivity index (χ0v) is 18.0. The summed E-state index contributed by atoms with van der Waals surface area (Å²) in [4.78, 5) is 27.2. The molecule has 1 aliphatic heterocycles. The Hall–Kier alpha value is -2.34. The summed E-state index contributed by atoms with van der Waals surface area (Å²) in [6.07, 6.45) is 7.46. The van der Waals surface area contributed by atoms with Crippen molar-refractivity contribution in [3.8, 4) is 5.75 Å². The SMILES string of the molecule is Cc1cc(=O)n(CC2CCC2)c2cc(OCC(=O)NCCN3CCCCC3)ccc12. The molecule has 1 aromatic carbocycles. The number of hydrogen-bond acceptors (Lipinski definition) is 4. The number of fused-ring (bicyclic) bond motifs is 1. The molecule has 4 rings (SSSR count). The molecule has 1 amide bonds. The van der Waals surface area contributed by atoms with Crippen LogP contribution in [0.4, 0.5) is 0 Å². The lowest BCUT2D eigenvalue weighted by Gasteiger charge is -2.27. The fraction of sp³-hybridized carbons (Fsp3) is 0.583. The van der Waals surface area contributed by atoms with Crippen molar-refractivity contribution in [3.63, 3.8) is 0 Å². The van der Waals surface area contributed by atoms with E-state index in [1.165, 1.54) is 38.5 Å². The van der Waals surface area contributed by atoms with Crippen molar-refractivity contribution in [2.45, 2.75) is 52.0 Å².